The van der Waals surface area contributed by atoms with Gasteiger partial charge in [0.15, 0.2) is 0 Å². The molecule has 8 nitrogen and oxygen atoms in total. The molecule has 1 amide bonds. The van der Waals surface area contributed by atoms with Crippen LogP contribution >= 0.6 is 7.82 Å². The number of unbranched alkanes of at least 4 members (excludes halogenated alkanes) is 28. The Hall–Kier alpha value is -1.80. The minimum absolute atomic E-state index is 0.0614. The summed E-state index contributed by atoms with van der Waals surface area (Å²) in [6.07, 6.45) is 63.3. The molecule has 0 aromatic rings. The summed E-state index contributed by atoms with van der Waals surface area (Å²) < 4.78 is 23.6. The maximum Gasteiger partial charge on any atom is 0.472 e. The molecule has 0 aliphatic carbocycles. The van der Waals surface area contributed by atoms with Crippen LogP contribution in [0.3, 0.4) is 0 Å². The first-order valence-electron chi connectivity index (χ1n) is 27.2. The molecule has 0 heterocycles. The van der Waals surface area contributed by atoms with E-state index < -0.39 is 20.0 Å². The summed E-state index contributed by atoms with van der Waals surface area (Å²) in [5, 5.41) is 13.8. The van der Waals surface area contributed by atoms with Gasteiger partial charge in [-0.1, -0.05) is 235 Å². The van der Waals surface area contributed by atoms with Gasteiger partial charge < -0.3 is 19.8 Å². The number of nitrogens with zero attached hydrogens (tertiary/aromatic N) is 1. The highest BCUT2D eigenvalue weighted by atomic mass is 31.2. The predicted molar refractivity (Wildman–Crippen MR) is 281 cm³/mol. The van der Waals surface area contributed by atoms with Crippen LogP contribution in [0.4, 0.5) is 0 Å². The third kappa shape index (κ3) is 49.9. The highest BCUT2D eigenvalue weighted by Crippen LogP contribution is 2.43. The molecule has 0 aromatic carbocycles. The van der Waals surface area contributed by atoms with E-state index >= 15 is 0 Å². The molecule has 3 unspecified atom stereocenters. The average molecular weight is 934 g/mol. The van der Waals surface area contributed by atoms with E-state index in [1.165, 1.54) is 154 Å². The van der Waals surface area contributed by atoms with Crippen LogP contribution in [0.2, 0.25) is 0 Å². The van der Waals surface area contributed by atoms with Crippen molar-refractivity contribution < 1.29 is 32.9 Å². The number of aliphatic hydroxyl groups is 1. The zero-order chi connectivity index (χ0) is 47.8. The molecule has 0 aliphatic heterocycles. The summed E-state index contributed by atoms with van der Waals surface area (Å²) in [5.41, 5.74) is 0. The number of allylic oxidation sites excluding steroid dienone is 9. The molecule has 0 rings (SSSR count). The Kier molecular flexibility index (Phi) is 46.0. The van der Waals surface area contributed by atoms with Gasteiger partial charge in [-0.25, -0.2) is 4.57 Å². The molecule has 3 N–H and O–H groups in total. The topological polar surface area (TPSA) is 105 Å². The van der Waals surface area contributed by atoms with E-state index in [2.05, 4.69) is 67.8 Å². The van der Waals surface area contributed by atoms with E-state index in [9.17, 15) is 19.4 Å². The molecule has 380 valence electrons. The number of quaternary nitrogens is 1. The highest BCUT2D eigenvalue weighted by Gasteiger charge is 2.27. The van der Waals surface area contributed by atoms with Crippen LogP contribution in [-0.2, 0) is 18.4 Å². The molecule has 65 heavy (non-hydrogen) atoms. The first-order valence-corrected chi connectivity index (χ1v) is 28.7. The lowest BCUT2D eigenvalue weighted by molar-refractivity contribution is -0.870. The lowest BCUT2D eigenvalue weighted by Crippen LogP contribution is -2.45. The van der Waals surface area contributed by atoms with Crippen LogP contribution in [0.15, 0.2) is 60.8 Å². The molecule has 9 heteroatoms. The maximum atomic E-state index is 12.9. The monoisotopic (exact) mass is 934 g/mol. The Morgan fingerprint density at radius 1 is 0.538 bits per heavy atom. The summed E-state index contributed by atoms with van der Waals surface area (Å²) in [6.45, 7) is 4.69. The van der Waals surface area contributed by atoms with Crippen molar-refractivity contribution >= 4 is 13.7 Å². The number of rotatable bonds is 49. The molecular weight excluding hydrogens is 828 g/mol. The van der Waals surface area contributed by atoms with Crippen molar-refractivity contribution in [1.82, 2.24) is 5.32 Å². The Labute approximate surface area is 402 Å². The molecule has 0 aliphatic rings. The van der Waals surface area contributed by atoms with Crippen molar-refractivity contribution in [2.45, 2.75) is 251 Å². The summed E-state index contributed by atoms with van der Waals surface area (Å²) in [4.78, 5) is 23.2. The van der Waals surface area contributed by atoms with E-state index in [1.807, 2.05) is 27.2 Å². The third-order valence-electron chi connectivity index (χ3n) is 12.0. The second-order valence-corrected chi connectivity index (χ2v) is 21.0. The lowest BCUT2D eigenvalue weighted by atomic mass is 10.0. The fraction of sp³-hybridized carbons (Fsp3) is 0.804. The zero-order valence-corrected chi connectivity index (χ0v) is 44.1. The van der Waals surface area contributed by atoms with Gasteiger partial charge in [0.2, 0.25) is 5.91 Å². The van der Waals surface area contributed by atoms with Crippen molar-refractivity contribution in [3.8, 4) is 0 Å². The quantitative estimate of drug-likeness (QED) is 0.0243. The number of aliphatic hydroxyl groups excluding tert-OH is 1. The number of carbonyl (C=O) groups is 1. The predicted octanol–water partition coefficient (Wildman–Crippen LogP) is 16.1. The molecule has 0 radical (unpaired) electrons. The number of carbonyl (C=O) groups excluding carboxylic acids is 1. The van der Waals surface area contributed by atoms with E-state index in [0.717, 1.165) is 64.2 Å². The van der Waals surface area contributed by atoms with Crippen molar-refractivity contribution in [1.29, 1.82) is 0 Å². The van der Waals surface area contributed by atoms with Crippen molar-refractivity contribution in [2.75, 3.05) is 40.9 Å². The van der Waals surface area contributed by atoms with Crippen molar-refractivity contribution in [3.63, 3.8) is 0 Å². The van der Waals surface area contributed by atoms with E-state index in [-0.39, 0.29) is 19.1 Å². The SMILES string of the molecule is CC/C=C\C/C=C\C/C=C\C/C=C\CCCCCCCCCCCCCCCCCCCCCCC(=O)NC(COP(=O)(O)OCC[N+](C)(C)C)C(O)/C=C/CCCCCCCCCC. The Morgan fingerprint density at radius 2 is 0.923 bits per heavy atom. The lowest BCUT2D eigenvalue weighted by Gasteiger charge is -2.25. The van der Waals surface area contributed by atoms with Gasteiger partial charge in [-0.05, 0) is 57.8 Å². The van der Waals surface area contributed by atoms with Gasteiger partial charge in [-0.15, -0.1) is 0 Å². The molecule has 0 bridgehead atoms. The zero-order valence-electron chi connectivity index (χ0n) is 43.2. The number of amides is 1. The van der Waals surface area contributed by atoms with Gasteiger partial charge >= 0.3 is 7.82 Å². The summed E-state index contributed by atoms with van der Waals surface area (Å²) in [7, 11) is 1.57. The van der Waals surface area contributed by atoms with Gasteiger partial charge in [0.05, 0.1) is 39.9 Å². The Balaban J connectivity index is 3.96. The third-order valence-corrected chi connectivity index (χ3v) is 13.0. The van der Waals surface area contributed by atoms with Crippen LogP contribution in [0.5, 0.6) is 0 Å². The molecule has 0 fully saturated rings. The number of hydrogen-bond acceptors (Lipinski definition) is 5. The number of nitrogens with one attached hydrogen (secondary N) is 1. The van der Waals surface area contributed by atoms with Crippen LogP contribution in [0, 0.1) is 0 Å². The van der Waals surface area contributed by atoms with Gasteiger partial charge in [0.1, 0.15) is 13.2 Å². The first-order chi connectivity index (χ1) is 31.5. The summed E-state index contributed by atoms with van der Waals surface area (Å²) in [6, 6.07) is -0.844. The Bertz CT molecular complexity index is 1240. The van der Waals surface area contributed by atoms with E-state index in [0.29, 0.717) is 17.4 Å². The molecule has 0 spiro atoms. The largest absolute Gasteiger partial charge is 0.472 e. The van der Waals surface area contributed by atoms with Gasteiger partial charge in [0, 0.05) is 6.42 Å². The standard InChI is InChI=1S/C56H105N2O6P/c1-6-8-10-12-14-16-18-19-20-21-22-23-24-25-26-27-28-29-30-31-32-33-34-35-36-37-38-39-40-42-44-46-48-50-56(60)57-54(53-64-65(61,62)63-52-51-58(3,4)5)55(59)49-47-45-43-41-17-15-13-11-9-7-2/h8,10,14,16,19-20,22-23,47,49,54-55,59H,6-7,9,11-13,15,17-18,21,24-46,48,50-53H2,1-5H3,(H-,57,60,61,62)/p+1/b10-8-,16-14-,20-19-,23-22-,49-47+. The van der Waals surface area contributed by atoms with Crippen LogP contribution in [0.25, 0.3) is 0 Å². The number of hydrogen-bond donors (Lipinski definition) is 3. The van der Waals surface area contributed by atoms with Crippen LogP contribution < -0.4 is 5.32 Å². The normalized spacial score (nSPS) is 14.5. The Morgan fingerprint density at radius 3 is 1.35 bits per heavy atom. The second kappa shape index (κ2) is 47.3. The highest BCUT2D eigenvalue weighted by molar-refractivity contribution is 7.47. The summed E-state index contributed by atoms with van der Waals surface area (Å²) in [5.74, 6) is -0.178. The average Bonchev–Trinajstić information content (AvgIpc) is 3.26. The fourth-order valence-corrected chi connectivity index (χ4v) is 8.48. The minimum atomic E-state index is -4.34. The maximum absolute atomic E-state index is 12.9. The van der Waals surface area contributed by atoms with E-state index in [4.69, 9.17) is 9.05 Å². The molecule has 0 saturated heterocycles. The van der Waals surface area contributed by atoms with Gasteiger partial charge in [-0.2, -0.15) is 0 Å². The number of phosphoric acid groups is 1. The summed E-state index contributed by atoms with van der Waals surface area (Å²) >= 11 is 0. The van der Waals surface area contributed by atoms with Crippen LogP contribution in [-0.4, -0.2) is 73.4 Å². The molecule has 3 atom stereocenters. The van der Waals surface area contributed by atoms with E-state index in [1.54, 1.807) is 6.08 Å². The number of phosphoric ester groups is 1. The van der Waals surface area contributed by atoms with Crippen molar-refractivity contribution in [3.05, 3.63) is 60.8 Å². The smallest absolute Gasteiger partial charge is 0.387 e. The van der Waals surface area contributed by atoms with Crippen LogP contribution in [0.1, 0.15) is 239 Å². The molecule has 0 saturated carbocycles. The fourth-order valence-electron chi connectivity index (χ4n) is 7.74. The number of likely N-dealkylation sites (N-methyl/N-ethyl adjacent to an activating group) is 1. The minimum Gasteiger partial charge on any atom is -0.387 e. The first kappa shape index (κ1) is 63.2. The molecule has 0 aromatic heterocycles. The second-order valence-electron chi connectivity index (χ2n) is 19.6. The van der Waals surface area contributed by atoms with Gasteiger partial charge in [-0.3, -0.25) is 13.8 Å². The van der Waals surface area contributed by atoms with Gasteiger partial charge in [0.25, 0.3) is 0 Å². The van der Waals surface area contributed by atoms with Crippen molar-refractivity contribution in [2.24, 2.45) is 0 Å². The molecular formula is C56H106N2O6P+.